The maximum atomic E-state index is 12.1. The van der Waals surface area contributed by atoms with Crippen molar-refractivity contribution in [3.05, 3.63) is 34.3 Å². The van der Waals surface area contributed by atoms with Crippen LogP contribution in [-0.4, -0.2) is 50.7 Å². The predicted octanol–water partition coefficient (Wildman–Crippen LogP) is 2.54. The third kappa shape index (κ3) is 5.41. The van der Waals surface area contributed by atoms with Crippen molar-refractivity contribution >= 4 is 21.8 Å². The molecule has 1 saturated heterocycles. The van der Waals surface area contributed by atoms with Crippen molar-refractivity contribution < 1.29 is 9.53 Å². The molecule has 0 atom stereocenters. The molecular formula is C16H23BrN2O2. The van der Waals surface area contributed by atoms with Crippen LogP contribution in [0.4, 0.5) is 0 Å². The molecule has 116 valence electrons. The zero-order valence-corrected chi connectivity index (χ0v) is 14.1. The lowest BCUT2D eigenvalue weighted by Gasteiger charge is -2.31. The van der Waals surface area contributed by atoms with E-state index in [0.29, 0.717) is 11.5 Å². The molecule has 1 aromatic rings. The summed E-state index contributed by atoms with van der Waals surface area (Å²) in [6.45, 7) is 4.77. The molecule has 1 fully saturated rings. The molecule has 1 aliphatic heterocycles. The van der Waals surface area contributed by atoms with E-state index >= 15 is 0 Å². The number of ether oxygens (including phenoxy) is 1. The zero-order valence-electron chi connectivity index (χ0n) is 12.5. The summed E-state index contributed by atoms with van der Waals surface area (Å²) in [7, 11) is 1.74. The standard InChI is InChI=1S/C16H23BrN2O2/c1-21-10-9-19-7-5-13(6-8-19)12-18-16(20)14-3-2-4-15(17)11-14/h2-4,11,13H,5-10,12H2,1H3,(H,18,20). The fourth-order valence-corrected chi connectivity index (χ4v) is 3.00. The molecule has 4 nitrogen and oxygen atoms in total. The van der Waals surface area contributed by atoms with E-state index < -0.39 is 0 Å². The van der Waals surface area contributed by atoms with E-state index in [1.807, 2.05) is 24.3 Å². The van der Waals surface area contributed by atoms with Crippen molar-refractivity contribution in [1.29, 1.82) is 0 Å². The van der Waals surface area contributed by atoms with Gasteiger partial charge in [-0.1, -0.05) is 22.0 Å². The van der Waals surface area contributed by atoms with Gasteiger partial charge < -0.3 is 15.0 Å². The Morgan fingerprint density at radius 2 is 2.19 bits per heavy atom. The Morgan fingerprint density at radius 3 is 2.86 bits per heavy atom. The van der Waals surface area contributed by atoms with E-state index in [-0.39, 0.29) is 5.91 Å². The number of nitrogens with one attached hydrogen (secondary N) is 1. The first-order valence-corrected chi connectivity index (χ1v) is 8.23. The fourth-order valence-electron chi connectivity index (χ4n) is 2.60. The van der Waals surface area contributed by atoms with Gasteiger partial charge >= 0.3 is 0 Å². The van der Waals surface area contributed by atoms with E-state index in [1.54, 1.807) is 7.11 Å². The number of rotatable bonds is 6. The second-order valence-corrected chi connectivity index (χ2v) is 6.41. The Kier molecular flexibility index (Phi) is 6.67. The van der Waals surface area contributed by atoms with Gasteiger partial charge in [0.2, 0.25) is 0 Å². The number of halogens is 1. The zero-order chi connectivity index (χ0) is 15.1. The number of carbonyl (C=O) groups is 1. The van der Waals surface area contributed by atoms with Crippen LogP contribution in [-0.2, 0) is 4.74 Å². The summed E-state index contributed by atoms with van der Waals surface area (Å²) >= 11 is 3.39. The highest BCUT2D eigenvalue weighted by Gasteiger charge is 2.19. The van der Waals surface area contributed by atoms with Crippen molar-refractivity contribution in [2.45, 2.75) is 12.8 Å². The van der Waals surface area contributed by atoms with Crippen LogP contribution in [0.25, 0.3) is 0 Å². The van der Waals surface area contributed by atoms with Gasteiger partial charge in [-0.05, 0) is 50.0 Å². The van der Waals surface area contributed by atoms with Crippen molar-refractivity contribution in [3.63, 3.8) is 0 Å². The van der Waals surface area contributed by atoms with Gasteiger partial charge in [0.05, 0.1) is 6.61 Å². The predicted molar refractivity (Wildman–Crippen MR) is 87.5 cm³/mol. The monoisotopic (exact) mass is 354 g/mol. The van der Waals surface area contributed by atoms with Crippen LogP contribution >= 0.6 is 15.9 Å². The van der Waals surface area contributed by atoms with Crippen LogP contribution in [0.3, 0.4) is 0 Å². The van der Waals surface area contributed by atoms with Gasteiger partial charge in [-0.2, -0.15) is 0 Å². The number of methoxy groups -OCH3 is 1. The highest BCUT2D eigenvalue weighted by molar-refractivity contribution is 9.10. The van der Waals surface area contributed by atoms with Gasteiger partial charge in [0, 0.05) is 30.2 Å². The first-order chi connectivity index (χ1) is 10.2. The molecule has 0 unspecified atom stereocenters. The summed E-state index contributed by atoms with van der Waals surface area (Å²) in [4.78, 5) is 14.5. The fraction of sp³-hybridized carbons (Fsp3) is 0.562. The second kappa shape index (κ2) is 8.51. The summed E-state index contributed by atoms with van der Waals surface area (Å²) < 4.78 is 6.04. The van der Waals surface area contributed by atoms with E-state index in [2.05, 4.69) is 26.1 Å². The van der Waals surface area contributed by atoms with Gasteiger partial charge in [-0.3, -0.25) is 4.79 Å². The highest BCUT2D eigenvalue weighted by atomic mass is 79.9. The van der Waals surface area contributed by atoms with E-state index in [1.165, 1.54) is 0 Å². The number of likely N-dealkylation sites (tertiary alicyclic amines) is 1. The summed E-state index contributed by atoms with van der Waals surface area (Å²) in [5.41, 5.74) is 0.710. The van der Waals surface area contributed by atoms with Gasteiger partial charge in [0.15, 0.2) is 0 Å². The van der Waals surface area contributed by atoms with E-state index in [0.717, 1.165) is 50.1 Å². The molecule has 1 heterocycles. The largest absolute Gasteiger partial charge is 0.383 e. The Labute approximate surface area is 135 Å². The lowest BCUT2D eigenvalue weighted by Crippen LogP contribution is -2.39. The van der Waals surface area contributed by atoms with Gasteiger partial charge in [-0.25, -0.2) is 0 Å². The minimum Gasteiger partial charge on any atom is -0.383 e. The molecule has 2 rings (SSSR count). The smallest absolute Gasteiger partial charge is 0.251 e. The summed E-state index contributed by atoms with van der Waals surface area (Å²) in [6.07, 6.45) is 2.28. The topological polar surface area (TPSA) is 41.6 Å². The molecule has 0 aliphatic carbocycles. The second-order valence-electron chi connectivity index (χ2n) is 5.50. The summed E-state index contributed by atoms with van der Waals surface area (Å²) in [5, 5.41) is 3.05. The van der Waals surface area contributed by atoms with Crippen LogP contribution in [0.15, 0.2) is 28.7 Å². The Bertz CT molecular complexity index is 459. The van der Waals surface area contributed by atoms with Gasteiger partial charge in [-0.15, -0.1) is 0 Å². The molecule has 0 radical (unpaired) electrons. The van der Waals surface area contributed by atoms with Crippen LogP contribution in [0.2, 0.25) is 0 Å². The molecule has 5 heteroatoms. The number of nitrogens with zero attached hydrogens (tertiary/aromatic N) is 1. The quantitative estimate of drug-likeness (QED) is 0.853. The van der Waals surface area contributed by atoms with Crippen molar-refractivity contribution in [2.24, 2.45) is 5.92 Å². The third-order valence-electron chi connectivity index (χ3n) is 3.96. The van der Waals surface area contributed by atoms with E-state index in [9.17, 15) is 4.79 Å². The molecule has 21 heavy (non-hydrogen) atoms. The first kappa shape index (κ1) is 16.5. The van der Waals surface area contributed by atoms with Crippen molar-refractivity contribution in [1.82, 2.24) is 10.2 Å². The Balaban J connectivity index is 1.71. The third-order valence-corrected chi connectivity index (χ3v) is 4.45. The SMILES string of the molecule is COCCN1CCC(CNC(=O)c2cccc(Br)c2)CC1. The lowest BCUT2D eigenvalue weighted by atomic mass is 9.96. The number of benzene rings is 1. The average molecular weight is 355 g/mol. The molecule has 1 aliphatic rings. The molecule has 1 amide bonds. The summed E-state index contributed by atoms with van der Waals surface area (Å²) in [5.74, 6) is 0.595. The van der Waals surface area contributed by atoms with Gasteiger partial charge in [0.1, 0.15) is 0 Å². The molecule has 0 aromatic heterocycles. The van der Waals surface area contributed by atoms with Crippen LogP contribution in [0.5, 0.6) is 0 Å². The molecule has 0 bridgehead atoms. The molecule has 1 N–H and O–H groups in total. The van der Waals surface area contributed by atoms with Crippen LogP contribution < -0.4 is 5.32 Å². The number of hydrogen-bond donors (Lipinski definition) is 1. The number of amides is 1. The highest BCUT2D eigenvalue weighted by Crippen LogP contribution is 2.16. The Morgan fingerprint density at radius 1 is 1.43 bits per heavy atom. The Hall–Kier alpha value is -0.910. The maximum Gasteiger partial charge on any atom is 0.251 e. The summed E-state index contributed by atoms with van der Waals surface area (Å²) in [6, 6.07) is 7.50. The van der Waals surface area contributed by atoms with Crippen LogP contribution in [0, 0.1) is 5.92 Å². The molecule has 1 aromatic carbocycles. The molecule has 0 spiro atoms. The first-order valence-electron chi connectivity index (χ1n) is 7.44. The molecular weight excluding hydrogens is 332 g/mol. The minimum absolute atomic E-state index is 0.0121. The van der Waals surface area contributed by atoms with E-state index in [4.69, 9.17) is 4.74 Å². The van der Waals surface area contributed by atoms with Crippen molar-refractivity contribution in [3.8, 4) is 0 Å². The lowest BCUT2D eigenvalue weighted by molar-refractivity contribution is 0.0926. The van der Waals surface area contributed by atoms with Crippen molar-refractivity contribution in [2.75, 3.05) is 39.9 Å². The molecule has 0 saturated carbocycles. The number of carbonyl (C=O) groups excluding carboxylic acids is 1. The normalized spacial score (nSPS) is 16.9. The van der Waals surface area contributed by atoms with Gasteiger partial charge in [0.25, 0.3) is 5.91 Å². The average Bonchev–Trinajstić information content (AvgIpc) is 2.51. The number of hydrogen-bond acceptors (Lipinski definition) is 3. The minimum atomic E-state index is 0.0121. The number of piperidine rings is 1. The maximum absolute atomic E-state index is 12.1. The van der Waals surface area contributed by atoms with Crippen LogP contribution in [0.1, 0.15) is 23.2 Å².